The summed E-state index contributed by atoms with van der Waals surface area (Å²) in [6.07, 6.45) is 1.72. The lowest BCUT2D eigenvalue weighted by Crippen LogP contribution is -2.31. The Morgan fingerprint density at radius 2 is 1.96 bits per heavy atom. The number of hydrogen-bond donors (Lipinski definition) is 2. The molecule has 0 aliphatic heterocycles. The largest absolute Gasteiger partial charge is 0.380 e. The molecule has 2 aromatic rings. The average Bonchev–Trinajstić information content (AvgIpc) is 2.93. The van der Waals surface area contributed by atoms with Crippen LogP contribution < -0.4 is 11.1 Å². The van der Waals surface area contributed by atoms with Crippen LogP contribution in [-0.4, -0.2) is 30.8 Å². The molecular formula is C15H23ClN4O2S2. The first-order valence-corrected chi connectivity index (χ1v) is 9.69. The molecule has 0 unspecified atom stereocenters. The third kappa shape index (κ3) is 4.60. The Morgan fingerprint density at radius 3 is 2.50 bits per heavy atom. The number of nitrogens with one attached hydrogen (secondary N) is 1. The molecule has 9 heteroatoms. The minimum absolute atomic E-state index is 0. The molecule has 1 aromatic heterocycles. The van der Waals surface area contributed by atoms with Gasteiger partial charge in [0.2, 0.25) is 10.0 Å². The van der Waals surface area contributed by atoms with E-state index in [1.807, 2.05) is 32.9 Å². The van der Waals surface area contributed by atoms with E-state index in [-0.39, 0.29) is 12.4 Å². The third-order valence-electron chi connectivity index (χ3n) is 3.55. The highest BCUT2D eigenvalue weighted by Crippen LogP contribution is 2.24. The van der Waals surface area contributed by atoms with Crippen LogP contribution in [0.5, 0.6) is 0 Å². The number of nitrogens with two attached hydrogens (primary N) is 1. The van der Waals surface area contributed by atoms with Crippen molar-refractivity contribution in [3.63, 3.8) is 0 Å². The molecule has 0 saturated carbocycles. The molecule has 24 heavy (non-hydrogen) atoms. The molecule has 1 heterocycles. The fourth-order valence-electron chi connectivity index (χ4n) is 2.28. The maximum Gasteiger partial charge on any atom is 0.243 e. The monoisotopic (exact) mass is 390 g/mol. The second-order valence-corrected chi connectivity index (χ2v) is 8.14. The quantitative estimate of drug-likeness (QED) is 0.758. The SMILES string of the molecule is CCN(CC)S(=O)(=O)c1cc(NCc2cnc(N)s2)ccc1C.Cl. The maximum atomic E-state index is 12.7. The minimum Gasteiger partial charge on any atom is -0.380 e. The van der Waals surface area contributed by atoms with E-state index in [1.54, 1.807) is 12.3 Å². The first-order chi connectivity index (χ1) is 10.9. The van der Waals surface area contributed by atoms with Crippen molar-refractivity contribution in [3.05, 3.63) is 34.8 Å². The third-order valence-corrected chi connectivity index (χ3v) is 6.57. The number of anilines is 2. The van der Waals surface area contributed by atoms with Crippen LogP contribution in [0.15, 0.2) is 29.3 Å². The lowest BCUT2D eigenvalue weighted by Gasteiger charge is -2.20. The van der Waals surface area contributed by atoms with Crippen LogP contribution >= 0.6 is 23.7 Å². The van der Waals surface area contributed by atoms with Gasteiger partial charge in [-0.25, -0.2) is 13.4 Å². The zero-order chi connectivity index (χ0) is 17.0. The zero-order valence-electron chi connectivity index (χ0n) is 13.9. The highest BCUT2D eigenvalue weighted by atomic mass is 35.5. The Hall–Kier alpha value is -1.35. The van der Waals surface area contributed by atoms with Crippen LogP contribution in [0.1, 0.15) is 24.3 Å². The Morgan fingerprint density at radius 1 is 1.29 bits per heavy atom. The van der Waals surface area contributed by atoms with E-state index >= 15 is 0 Å². The van der Waals surface area contributed by atoms with E-state index in [0.29, 0.717) is 29.7 Å². The first-order valence-electron chi connectivity index (χ1n) is 7.43. The smallest absolute Gasteiger partial charge is 0.243 e. The number of halogens is 1. The van der Waals surface area contributed by atoms with Gasteiger partial charge in [-0.3, -0.25) is 0 Å². The molecular weight excluding hydrogens is 368 g/mol. The standard InChI is InChI=1S/C15H22N4O2S2.ClH/c1-4-19(5-2)23(20,21)14-8-12(7-6-11(14)3)17-9-13-10-18-15(16)22-13;/h6-8,10,17H,4-5,9H2,1-3H3,(H2,16,18);1H. The number of nitrogens with zero attached hydrogens (tertiary/aromatic N) is 2. The number of rotatable bonds is 7. The molecule has 0 aliphatic carbocycles. The van der Waals surface area contributed by atoms with Crippen molar-refractivity contribution in [2.45, 2.75) is 32.2 Å². The topological polar surface area (TPSA) is 88.3 Å². The molecule has 0 saturated heterocycles. The lowest BCUT2D eigenvalue weighted by molar-refractivity contribution is 0.445. The molecule has 0 bridgehead atoms. The van der Waals surface area contributed by atoms with Crippen molar-refractivity contribution < 1.29 is 8.42 Å². The number of aromatic nitrogens is 1. The number of thiazole rings is 1. The second kappa shape index (κ2) is 8.66. The van der Waals surface area contributed by atoms with E-state index in [2.05, 4.69) is 10.3 Å². The highest BCUT2D eigenvalue weighted by Gasteiger charge is 2.23. The number of sulfonamides is 1. The number of benzene rings is 1. The van der Waals surface area contributed by atoms with Gasteiger partial charge in [-0.2, -0.15) is 4.31 Å². The van der Waals surface area contributed by atoms with Gasteiger partial charge in [-0.1, -0.05) is 19.9 Å². The van der Waals surface area contributed by atoms with E-state index in [4.69, 9.17) is 5.73 Å². The van der Waals surface area contributed by atoms with Crippen molar-refractivity contribution >= 4 is 44.6 Å². The first kappa shape index (κ1) is 20.7. The van der Waals surface area contributed by atoms with Crippen LogP contribution in [-0.2, 0) is 16.6 Å². The van der Waals surface area contributed by atoms with E-state index in [0.717, 1.165) is 16.1 Å². The summed E-state index contributed by atoms with van der Waals surface area (Å²) in [5.74, 6) is 0. The van der Waals surface area contributed by atoms with E-state index in [1.165, 1.54) is 15.6 Å². The van der Waals surface area contributed by atoms with Crippen molar-refractivity contribution in [1.29, 1.82) is 0 Å². The van der Waals surface area contributed by atoms with Crippen LogP contribution in [0.4, 0.5) is 10.8 Å². The second-order valence-electron chi connectivity index (χ2n) is 5.09. The van der Waals surface area contributed by atoms with Crippen molar-refractivity contribution in [1.82, 2.24) is 9.29 Å². The average molecular weight is 391 g/mol. The predicted octanol–water partition coefficient (Wildman–Crippen LogP) is 3.10. The number of aryl methyl sites for hydroxylation is 1. The summed E-state index contributed by atoms with van der Waals surface area (Å²) < 4.78 is 26.9. The summed E-state index contributed by atoms with van der Waals surface area (Å²) in [5, 5.41) is 3.74. The summed E-state index contributed by atoms with van der Waals surface area (Å²) >= 11 is 1.41. The lowest BCUT2D eigenvalue weighted by atomic mass is 10.2. The number of hydrogen-bond acceptors (Lipinski definition) is 6. The van der Waals surface area contributed by atoms with Crippen LogP contribution in [0.2, 0.25) is 0 Å². The van der Waals surface area contributed by atoms with Gasteiger partial charge < -0.3 is 11.1 Å². The molecule has 2 rings (SSSR count). The van der Waals surface area contributed by atoms with Gasteiger partial charge in [0.05, 0.1) is 11.4 Å². The molecule has 1 aromatic carbocycles. The Balaban J connectivity index is 0.00000288. The normalized spacial score (nSPS) is 11.3. The summed E-state index contributed by atoms with van der Waals surface area (Å²) in [7, 11) is -3.47. The Labute approximate surface area is 153 Å². The summed E-state index contributed by atoms with van der Waals surface area (Å²) in [5.41, 5.74) is 7.11. The summed E-state index contributed by atoms with van der Waals surface area (Å²) in [6.45, 7) is 6.96. The summed E-state index contributed by atoms with van der Waals surface area (Å²) in [6, 6.07) is 5.38. The Kier molecular flexibility index (Phi) is 7.47. The van der Waals surface area contributed by atoms with E-state index in [9.17, 15) is 8.42 Å². The van der Waals surface area contributed by atoms with Crippen LogP contribution in [0.25, 0.3) is 0 Å². The number of nitrogen functional groups attached to an aromatic ring is 1. The molecule has 0 amide bonds. The predicted molar refractivity (Wildman–Crippen MR) is 102 cm³/mol. The molecule has 0 aliphatic rings. The van der Waals surface area contributed by atoms with Crippen molar-refractivity contribution in [3.8, 4) is 0 Å². The van der Waals surface area contributed by atoms with E-state index < -0.39 is 10.0 Å². The maximum absolute atomic E-state index is 12.7. The molecule has 0 radical (unpaired) electrons. The molecule has 0 fully saturated rings. The minimum atomic E-state index is -3.47. The molecule has 3 N–H and O–H groups in total. The Bertz CT molecular complexity index is 774. The van der Waals surface area contributed by atoms with Crippen LogP contribution in [0, 0.1) is 6.92 Å². The van der Waals surface area contributed by atoms with Gasteiger partial charge in [0.15, 0.2) is 5.13 Å². The van der Waals surface area contributed by atoms with Gasteiger partial charge in [-0.15, -0.1) is 23.7 Å². The van der Waals surface area contributed by atoms with Gasteiger partial charge >= 0.3 is 0 Å². The molecule has 6 nitrogen and oxygen atoms in total. The van der Waals surface area contributed by atoms with Gasteiger partial charge in [-0.05, 0) is 24.6 Å². The van der Waals surface area contributed by atoms with Crippen LogP contribution in [0.3, 0.4) is 0 Å². The van der Waals surface area contributed by atoms with Crippen molar-refractivity contribution in [2.24, 2.45) is 0 Å². The summed E-state index contributed by atoms with van der Waals surface area (Å²) in [4.78, 5) is 5.34. The highest BCUT2D eigenvalue weighted by molar-refractivity contribution is 7.89. The fourth-order valence-corrected chi connectivity index (χ4v) is 4.62. The fraction of sp³-hybridized carbons (Fsp3) is 0.400. The van der Waals surface area contributed by atoms with Gasteiger partial charge in [0.1, 0.15) is 0 Å². The zero-order valence-corrected chi connectivity index (χ0v) is 16.4. The van der Waals surface area contributed by atoms with Crippen molar-refractivity contribution in [2.75, 3.05) is 24.1 Å². The molecule has 0 spiro atoms. The molecule has 134 valence electrons. The van der Waals surface area contributed by atoms with Gasteiger partial charge in [0, 0.05) is 29.9 Å². The molecule has 0 atom stereocenters. The van der Waals surface area contributed by atoms with Gasteiger partial charge in [0.25, 0.3) is 0 Å².